The fraction of sp³-hybridized carbons (Fsp3) is 0.688. The third-order valence-corrected chi connectivity index (χ3v) is 4.63. The monoisotopic (exact) mass is 451 g/mol. The van der Waals surface area contributed by atoms with Gasteiger partial charge in [0.1, 0.15) is 18.1 Å². The van der Waals surface area contributed by atoms with Gasteiger partial charge in [-0.2, -0.15) is 25.3 Å². The zero-order valence-electron chi connectivity index (χ0n) is 16.3. The first kappa shape index (κ1) is 27.0. The summed E-state index contributed by atoms with van der Waals surface area (Å²) in [5.74, 6) is -4.52. The van der Waals surface area contributed by atoms with Crippen molar-refractivity contribution in [1.29, 1.82) is 0 Å². The fourth-order valence-electron chi connectivity index (χ4n) is 2.14. The molecular weight excluding hydrogens is 422 g/mol. The normalized spacial score (nSPS) is 15.0. The van der Waals surface area contributed by atoms with Crippen LogP contribution in [0.15, 0.2) is 0 Å². The second kappa shape index (κ2) is 13.3. The van der Waals surface area contributed by atoms with Gasteiger partial charge in [0.25, 0.3) is 0 Å². The van der Waals surface area contributed by atoms with E-state index in [2.05, 4.69) is 41.2 Å². The van der Waals surface area contributed by atoms with E-state index in [1.807, 2.05) is 0 Å². The predicted octanol–water partition coefficient (Wildman–Crippen LogP) is -2.37. The van der Waals surface area contributed by atoms with Crippen LogP contribution in [0.25, 0.3) is 0 Å². The molecule has 0 saturated carbocycles. The molecule has 0 fully saturated rings. The number of carboxylic acids is 1. The number of carbonyl (C=O) groups is 5. The zero-order chi connectivity index (χ0) is 22.7. The number of carbonyl (C=O) groups excluding carboxylic acids is 4. The molecule has 29 heavy (non-hydrogen) atoms. The second-order valence-electron chi connectivity index (χ2n) is 6.67. The topological polar surface area (TPSA) is 194 Å². The van der Waals surface area contributed by atoms with E-state index < -0.39 is 53.8 Å². The van der Waals surface area contributed by atoms with E-state index in [9.17, 15) is 24.0 Å². The minimum Gasteiger partial charge on any atom is -0.480 e. The average molecular weight is 452 g/mol. The van der Waals surface area contributed by atoms with Gasteiger partial charge in [-0.1, -0.05) is 13.8 Å². The Morgan fingerprint density at radius 3 is 1.83 bits per heavy atom. The summed E-state index contributed by atoms with van der Waals surface area (Å²) >= 11 is 7.86. The summed E-state index contributed by atoms with van der Waals surface area (Å²) < 4.78 is 0. The van der Waals surface area contributed by atoms with Gasteiger partial charge in [-0.15, -0.1) is 0 Å². The van der Waals surface area contributed by atoms with Gasteiger partial charge >= 0.3 is 5.97 Å². The van der Waals surface area contributed by atoms with E-state index in [1.165, 1.54) is 0 Å². The highest BCUT2D eigenvalue weighted by Crippen LogP contribution is 2.05. The van der Waals surface area contributed by atoms with Gasteiger partial charge in [0.05, 0.1) is 6.04 Å². The van der Waals surface area contributed by atoms with E-state index in [4.69, 9.17) is 16.6 Å². The molecule has 4 atom stereocenters. The number of nitrogens with two attached hydrogens (primary N) is 2. The lowest BCUT2D eigenvalue weighted by Gasteiger charge is -2.26. The molecular formula is C16H29N5O6S2. The molecule has 0 aliphatic carbocycles. The van der Waals surface area contributed by atoms with E-state index in [1.54, 1.807) is 13.8 Å². The average Bonchev–Trinajstić information content (AvgIpc) is 2.64. The third-order valence-electron chi connectivity index (χ3n) is 3.90. The number of hydrogen-bond donors (Lipinski definition) is 8. The Labute approximate surface area is 179 Å². The van der Waals surface area contributed by atoms with E-state index >= 15 is 0 Å². The van der Waals surface area contributed by atoms with Crippen molar-refractivity contribution >= 4 is 54.9 Å². The van der Waals surface area contributed by atoms with Gasteiger partial charge < -0.3 is 32.5 Å². The van der Waals surface area contributed by atoms with Crippen LogP contribution in [0.2, 0.25) is 0 Å². The van der Waals surface area contributed by atoms with Crippen molar-refractivity contribution in [2.24, 2.45) is 17.4 Å². The van der Waals surface area contributed by atoms with Crippen molar-refractivity contribution in [2.75, 3.05) is 11.5 Å². The van der Waals surface area contributed by atoms with Crippen molar-refractivity contribution in [1.82, 2.24) is 16.0 Å². The van der Waals surface area contributed by atoms with E-state index in [-0.39, 0.29) is 30.3 Å². The lowest BCUT2D eigenvalue weighted by molar-refractivity contribution is -0.141. The Morgan fingerprint density at radius 1 is 0.897 bits per heavy atom. The highest BCUT2D eigenvalue weighted by atomic mass is 32.1. The lowest BCUT2D eigenvalue weighted by atomic mass is 10.0. The second-order valence-corrected chi connectivity index (χ2v) is 7.40. The maximum atomic E-state index is 12.6. The molecule has 0 rings (SSSR count). The summed E-state index contributed by atoms with van der Waals surface area (Å²) in [6, 6.07) is -4.41. The molecule has 13 heteroatoms. The molecule has 8 N–H and O–H groups in total. The van der Waals surface area contributed by atoms with Crippen LogP contribution in [0.4, 0.5) is 0 Å². The molecule has 0 radical (unpaired) electrons. The smallest absolute Gasteiger partial charge is 0.327 e. The molecule has 11 nitrogen and oxygen atoms in total. The van der Waals surface area contributed by atoms with E-state index in [0.717, 1.165) is 0 Å². The molecule has 4 amide bonds. The van der Waals surface area contributed by atoms with Gasteiger partial charge in [-0.25, -0.2) is 4.79 Å². The largest absolute Gasteiger partial charge is 0.480 e. The first-order valence-electron chi connectivity index (χ1n) is 8.84. The number of primary amides is 1. The van der Waals surface area contributed by atoms with E-state index in [0.29, 0.717) is 0 Å². The maximum Gasteiger partial charge on any atom is 0.327 e. The molecule has 0 aliphatic rings. The zero-order valence-corrected chi connectivity index (χ0v) is 18.0. The number of aliphatic carboxylic acids is 1. The standard InChI is InChI=1S/C16H29N5O6S2/c1-7(2)12(21-13(23)8(17)3-4-11(18)22)15(25)19-9(5-28)14(24)20-10(6-29)16(26)27/h7-10,12,28-29H,3-6,17H2,1-2H3,(H2,18,22)(H,19,25)(H,20,24)(H,21,23)(H,26,27). The van der Waals surface area contributed by atoms with Gasteiger partial charge in [0, 0.05) is 17.9 Å². The number of carboxylic acid groups (broad SMARTS) is 1. The van der Waals surface area contributed by atoms with Gasteiger partial charge in [0.15, 0.2) is 0 Å². The Balaban J connectivity index is 5.05. The van der Waals surface area contributed by atoms with Crippen LogP contribution in [0.3, 0.4) is 0 Å². The molecule has 4 unspecified atom stereocenters. The predicted molar refractivity (Wildman–Crippen MR) is 112 cm³/mol. The first-order chi connectivity index (χ1) is 13.4. The molecule has 0 aliphatic heterocycles. The minimum atomic E-state index is -1.27. The highest BCUT2D eigenvalue weighted by molar-refractivity contribution is 7.80. The summed E-state index contributed by atoms with van der Waals surface area (Å²) in [5.41, 5.74) is 10.7. The minimum absolute atomic E-state index is 0.0234. The molecule has 0 saturated heterocycles. The summed E-state index contributed by atoms with van der Waals surface area (Å²) in [6.07, 6.45) is -0.0551. The number of nitrogens with one attached hydrogen (secondary N) is 3. The molecule has 0 aromatic heterocycles. The van der Waals surface area contributed by atoms with Crippen molar-refractivity contribution < 1.29 is 29.1 Å². The van der Waals surface area contributed by atoms with Crippen molar-refractivity contribution in [3.63, 3.8) is 0 Å². The Kier molecular flexibility index (Phi) is 12.4. The third kappa shape index (κ3) is 9.85. The maximum absolute atomic E-state index is 12.6. The molecule has 0 spiro atoms. The van der Waals surface area contributed by atoms with Gasteiger partial charge in [0.2, 0.25) is 23.6 Å². The van der Waals surface area contributed by atoms with Crippen LogP contribution in [0, 0.1) is 5.92 Å². The van der Waals surface area contributed by atoms with Crippen LogP contribution < -0.4 is 27.4 Å². The highest BCUT2D eigenvalue weighted by Gasteiger charge is 2.30. The first-order valence-corrected chi connectivity index (χ1v) is 10.1. The molecule has 0 bridgehead atoms. The lowest BCUT2D eigenvalue weighted by Crippen LogP contribution is -2.59. The number of rotatable bonds is 13. The Bertz CT molecular complexity index is 619. The molecule has 0 heterocycles. The van der Waals surface area contributed by atoms with Crippen LogP contribution >= 0.6 is 25.3 Å². The van der Waals surface area contributed by atoms with Crippen LogP contribution in [0.5, 0.6) is 0 Å². The molecule has 0 aromatic rings. The quantitative estimate of drug-likeness (QED) is 0.143. The van der Waals surface area contributed by atoms with Crippen molar-refractivity contribution in [2.45, 2.75) is 50.9 Å². The molecule has 166 valence electrons. The van der Waals surface area contributed by atoms with Crippen molar-refractivity contribution in [3.8, 4) is 0 Å². The van der Waals surface area contributed by atoms with Crippen molar-refractivity contribution in [3.05, 3.63) is 0 Å². The number of hydrogen-bond acceptors (Lipinski definition) is 8. The molecule has 0 aromatic carbocycles. The SMILES string of the molecule is CC(C)C(NC(=O)C(N)CCC(N)=O)C(=O)NC(CS)C(=O)NC(CS)C(=O)O. The Morgan fingerprint density at radius 2 is 1.41 bits per heavy atom. The van der Waals surface area contributed by atoms with Crippen LogP contribution in [-0.4, -0.2) is 70.4 Å². The summed E-state index contributed by atoms with van der Waals surface area (Å²) in [7, 11) is 0. The number of thiol groups is 2. The summed E-state index contributed by atoms with van der Waals surface area (Å²) in [5, 5.41) is 16.2. The van der Waals surface area contributed by atoms with Crippen LogP contribution in [0.1, 0.15) is 26.7 Å². The van der Waals surface area contributed by atoms with Crippen LogP contribution in [-0.2, 0) is 24.0 Å². The Hall–Kier alpha value is -1.99. The summed E-state index contributed by atoms with van der Waals surface area (Å²) in [4.78, 5) is 58.8. The van der Waals surface area contributed by atoms with Gasteiger partial charge in [-0.05, 0) is 12.3 Å². The number of amides is 4. The fourth-order valence-corrected chi connectivity index (χ4v) is 2.64. The summed E-state index contributed by atoms with van der Waals surface area (Å²) in [6.45, 7) is 3.35. The van der Waals surface area contributed by atoms with Gasteiger partial charge in [-0.3, -0.25) is 19.2 Å².